The Morgan fingerprint density at radius 1 is 1.57 bits per heavy atom. The van der Waals surface area contributed by atoms with E-state index < -0.39 is 0 Å². The summed E-state index contributed by atoms with van der Waals surface area (Å²) in [6, 6.07) is 1.87. The largest absolute Gasteiger partial charge is 0.458 e. The van der Waals surface area contributed by atoms with Crippen molar-refractivity contribution < 1.29 is 14.2 Å². The highest BCUT2D eigenvalue weighted by molar-refractivity contribution is 5.85. The lowest BCUT2D eigenvalue weighted by atomic mass is 10.3. The monoisotopic (exact) mass is 197 g/mol. The van der Waals surface area contributed by atoms with Crippen LogP contribution in [0.2, 0.25) is 0 Å². The molecule has 1 rings (SSSR count). The van der Waals surface area contributed by atoms with Crippen molar-refractivity contribution in [3.05, 3.63) is 17.5 Å². The van der Waals surface area contributed by atoms with E-state index in [2.05, 4.69) is 6.92 Å². The van der Waals surface area contributed by atoms with Gasteiger partial charge in [0.2, 0.25) is 0 Å². The molecule has 14 heavy (non-hydrogen) atoms. The highest BCUT2D eigenvalue weighted by Crippen LogP contribution is 2.03. The average Bonchev–Trinajstić information content (AvgIpc) is 2.44. The summed E-state index contributed by atoms with van der Waals surface area (Å²) in [7, 11) is 3.78. The highest BCUT2D eigenvalue weighted by Gasteiger charge is 2.23. The quantitative estimate of drug-likeness (QED) is 0.525. The molecular formula is C10H17N2O2+. The lowest BCUT2D eigenvalue weighted by Gasteiger charge is -1.96. The summed E-state index contributed by atoms with van der Waals surface area (Å²) in [5, 5.41) is 0. The number of nitrogens with zero attached hydrogens (tertiary/aromatic N) is 2. The zero-order valence-corrected chi connectivity index (χ0v) is 9.20. The minimum absolute atomic E-state index is 0.259. The summed E-state index contributed by atoms with van der Waals surface area (Å²) in [6.45, 7) is 4.28. The van der Waals surface area contributed by atoms with Crippen LogP contribution in [0.1, 0.15) is 30.0 Å². The molecule has 1 aromatic heterocycles. The normalized spacial score (nSPS) is 10.3. The molecular weight excluding hydrogens is 180 g/mol. The first kappa shape index (κ1) is 10.8. The summed E-state index contributed by atoms with van der Waals surface area (Å²) < 4.78 is 8.70. The molecule has 0 saturated carbocycles. The van der Waals surface area contributed by atoms with Crippen LogP contribution in [0, 0.1) is 0 Å². The molecule has 78 valence electrons. The molecule has 0 aliphatic heterocycles. The number of carbonyl (C=O) groups is 1. The lowest BCUT2D eigenvalue weighted by Crippen LogP contribution is -2.43. The molecule has 0 fully saturated rings. The van der Waals surface area contributed by atoms with Crippen molar-refractivity contribution in [1.82, 2.24) is 4.68 Å². The van der Waals surface area contributed by atoms with Gasteiger partial charge in [-0.1, -0.05) is 6.92 Å². The van der Waals surface area contributed by atoms with Crippen LogP contribution >= 0.6 is 0 Å². The summed E-state index contributed by atoms with van der Waals surface area (Å²) in [4.78, 5) is 11.5. The van der Waals surface area contributed by atoms with Crippen molar-refractivity contribution in [1.29, 1.82) is 0 Å². The molecule has 4 nitrogen and oxygen atoms in total. The molecule has 1 aromatic rings. The maximum Gasteiger partial charge on any atom is 0.406 e. The van der Waals surface area contributed by atoms with Gasteiger partial charge in [0, 0.05) is 6.07 Å². The first-order valence-electron chi connectivity index (χ1n) is 4.83. The molecule has 0 unspecified atom stereocenters. The van der Waals surface area contributed by atoms with E-state index in [4.69, 9.17) is 4.74 Å². The summed E-state index contributed by atoms with van der Waals surface area (Å²) in [5.41, 5.74) is 1.72. The van der Waals surface area contributed by atoms with Crippen LogP contribution in [0.25, 0.3) is 0 Å². The van der Waals surface area contributed by atoms with Gasteiger partial charge in [0.05, 0.1) is 19.3 Å². The Hall–Kier alpha value is -1.32. The lowest BCUT2D eigenvalue weighted by molar-refractivity contribution is -0.753. The fourth-order valence-corrected chi connectivity index (χ4v) is 1.43. The maximum absolute atomic E-state index is 11.5. The van der Waals surface area contributed by atoms with Gasteiger partial charge in [-0.15, -0.1) is 4.68 Å². The van der Waals surface area contributed by atoms with Gasteiger partial charge in [0.25, 0.3) is 0 Å². The van der Waals surface area contributed by atoms with Gasteiger partial charge in [0.15, 0.2) is 7.05 Å². The summed E-state index contributed by atoms with van der Waals surface area (Å²) in [6.07, 6.45) is 0.906. The number of aryl methyl sites for hydroxylation is 1. The Bertz CT molecular complexity index is 342. The number of hydrogen-bond donors (Lipinski definition) is 0. The Labute approximate surface area is 84.1 Å². The Balaban J connectivity index is 3.04. The van der Waals surface area contributed by atoms with Gasteiger partial charge < -0.3 is 4.74 Å². The van der Waals surface area contributed by atoms with Crippen molar-refractivity contribution in [2.45, 2.75) is 20.3 Å². The van der Waals surface area contributed by atoms with Crippen molar-refractivity contribution in [3.63, 3.8) is 0 Å². The SMILES string of the molecule is CCOC(=O)c1cc(CC)n(C)[n+]1C. The van der Waals surface area contributed by atoms with Gasteiger partial charge in [0.1, 0.15) is 0 Å². The zero-order valence-electron chi connectivity index (χ0n) is 9.20. The van der Waals surface area contributed by atoms with Gasteiger partial charge in [-0.3, -0.25) is 0 Å². The summed E-state index contributed by atoms with van der Waals surface area (Å²) in [5.74, 6) is -0.259. The smallest absolute Gasteiger partial charge is 0.406 e. The molecule has 0 bridgehead atoms. The topological polar surface area (TPSA) is 35.1 Å². The van der Waals surface area contributed by atoms with Crippen LogP contribution in [-0.2, 0) is 25.3 Å². The predicted molar refractivity (Wildman–Crippen MR) is 51.9 cm³/mol. The summed E-state index contributed by atoms with van der Waals surface area (Å²) >= 11 is 0. The van der Waals surface area contributed by atoms with Crippen LogP contribution < -0.4 is 4.68 Å². The molecule has 0 radical (unpaired) electrons. The van der Waals surface area contributed by atoms with E-state index in [-0.39, 0.29) is 5.97 Å². The van der Waals surface area contributed by atoms with Gasteiger partial charge in [-0.25, -0.2) is 4.79 Å². The number of carbonyl (C=O) groups excluding carboxylic acids is 1. The van der Waals surface area contributed by atoms with E-state index in [0.717, 1.165) is 12.1 Å². The van der Waals surface area contributed by atoms with Crippen molar-refractivity contribution in [3.8, 4) is 0 Å². The predicted octanol–water partition coefficient (Wildman–Crippen LogP) is 0.589. The number of hydrogen-bond acceptors (Lipinski definition) is 2. The molecule has 0 aliphatic rings. The fraction of sp³-hybridized carbons (Fsp3) is 0.600. The molecule has 0 atom stereocenters. The number of rotatable bonds is 3. The van der Waals surface area contributed by atoms with E-state index in [0.29, 0.717) is 12.3 Å². The Morgan fingerprint density at radius 3 is 2.64 bits per heavy atom. The molecule has 4 heteroatoms. The van der Waals surface area contributed by atoms with Crippen LogP contribution in [0.4, 0.5) is 0 Å². The van der Waals surface area contributed by atoms with Crippen LogP contribution in [0.3, 0.4) is 0 Å². The average molecular weight is 197 g/mol. The van der Waals surface area contributed by atoms with E-state index in [1.54, 1.807) is 4.68 Å². The van der Waals surface area contributed by atoms with Crippen LogP contribution in [-0.4, -0.2) is 17.3 Å². The molecule has 0 amide bonds. The van der Waals surface area contributed by atoms with E-state index >= 15 is 0 Å². The van der Waals surface area contributed by atoms with Crippen LogP contribution in [0.5, 0.6) is 0 Å². The molecule has 0 spiro atoms. The number of aromatic nitrogens is 2. The maximum atomic E-state index is 11.5. The molecule has 1 heterocycles. The molecule has 0 aromatic carbocycles. The van der Waals surface area contributed by atoms with Crippen molar-refractivity contribution in [2.75, 3.05) is 6.61 Å². The zero-order chi connectivity index (χ0) is 10.7. The van der Waals surface area contributed by atoms with E-state index in [1.807, 2.05) is 31.8 Å². The molecule has 0 saturated heterocycles. The van der Waals surface area contributed by atoms with Crippen molar-refractivity contribution in [2.24, 2.45) is 14.1 Å². The first-order chi connectivity index (χ1) is 6.61. The third-order valence-electron chi connectivity index (χ3n) is 2.36. The standard InChI is InChI=1S/C10H17N2O2/c1-5-8-7-9(10(13)14-6-2)12(4)11(8)3/h7H,5-6H2,1-4H3/q+1. The van der Waals surface area contributed by atoms with Gasteiger partial charge in [-0.2, -0.15) is 4.68 Å². The van der Waals surface area contributed by atoms with E-state index in [9.17, 15) is 4.79 Å². The second-order valence-electron chi connectivity index (χ2n) is 3.14. The number of esters is 1. The second-order valence-corrected chi connectivity index (χ2v) is 3.14. The minimum Gasteiger partial charge on any atom is -0.458 e. The third-order valence-corrected chi connectivity index (χ3v) is 2.36. The third kappa shape index (κ3) is 1.78. The second kappa shape index (κ2) is 4.26. The van der Waals surface area contributed by atoms with Crippen molar-refractivity contribution >= 4 is 5.97 Å². The van der Waals surface area contributed by atoms with Gasteiger partial charge >= 0.3 is 11.7 Å². The molecule has 0 aliphatic carbocycles. The Morgan fingerprint density at radius 2 is 2.21 bits per heavy atom. The first-order valence-corrected chi connectivity index (χ1v) is 4.83. The van der Waals surface area contributed by atoms with E-state index in [1.165, 1.54) is 0 Å². The molecule has 0 N–H and O–H groups in total. The minimum atomic E-state index is -0.259. The Kier molecular flexibility index (Phi) is 3.28. The van der Waals surface area contributed by atoms with Crippen LogP contribution in [0.15, 0.2) is 6.07 Å². The highest BCUT2D eigenvalue weighted by atomic mass is 16.5. The fourth-order valence-electron chi connectivity index (χ4n) is 1.43. The van der Waals surface area contributed by atoms with Gasteiger partial charge in [-0.05, 0) is 13.3 Å². The number of ether oxygens (including phenoxy) is 1.